The summed E-state index contributed by atoms with van der Waals surface area (Å²) in [4.78, 5) is 21.2. The van der Waals surface area contributed by atoms with E-state index in [0.717, 1.165) is 36.3 Å². The Hall–Kier alpha value is -2.87. The number of fused-ring (bicyclic) bond motifs is 3. The minimum absolute atomic E-state index is 0.0403. The predicted octanol–water partition coefficient (Wildman–Crippen LogP) is 2.64. The van der Waals surface area contributed by atoms with Crippen molar-refractivity contribution in [2.24, 2.45) is 0 Å². The van der Waals surface area contributed by atoms with Gasteiger partial charge in [-0.15, -0.1) is 0 Å². The maximum atomic E-state index is 13.7. The largest absolute Gasteiger partial charge is 0.376 e. The van der Waals surface area contributed by atoms with E-state index >= 15 is 0 Å². The number of hydrogen-bond donors (Lipinski definition) is 1. The molecule has 0 saturated carbocycles. The highest BCUT2D eigenvalue weighted by Crippen LogP contribution is 2.26. The zero-order valence-electron chi connectivity index (χ0n) is 16.2. The molecule has 0 spiro atoms. The van der Waals surface area contributed by atoms with Gasteiger partial charge in [0.2, 0.25) is 0 Å². The molecule has 2 fully saturated rings. The van der Waals surface area contributed by atoms with Crippen LogP contribution in [0.1, 0.15) is 12.8 Å². The first-order valence-corrected chi connectivity index (χ1v) is 10.1. The van der Waals surface area contributed by atoms with Gasteiger partial charge in [0, 0.05) is 51.6 Å². The molecule has 1 aromatic carbocycles. The molecule has 0 radical (unpaired) electrons. The molecule has 152 valence electrons. The summed E-state index contributed by atoms with van der Waals surface area (Å²) in [6, 6.07) is 8.63. The van der Waals surface area contributed by atoms with Crippen LogP contribution in [0.5, 0.6) is 0 Å². The molecule has 8 heteroatoms. The SMILES string of the molecule is O=C(NC[C@H]1CCCO1)N1CCN(c2nc3cc(F)ccc3n3cccc23)CC1. The van der Waals surface area contributed by atoms with Crippen LogP contribution in [0, 0.1) is 5.82 Å². The van der Waals surface area contributed by atoms with Crippen molar-refractivity contribution in [1.29, 1.82) is 0 Å². The number of nitrogens with one attached hydrogen (secondary N) is 1. The highest BCUT2D eigenvalue weighted by atomic mass is 19.1. The third-order valence-corrected chi connectivity index (χ3v) is 5.77. The average Bonchev–Trinajstić information content (AvgIpc) is 3.43. The van der Waals surface area contributed by atoms with Crippen LogP contribution in [-0.2, 0) is 4.74 Å². The minimum Gasteiger partial charge on any atom is -0.376 e. The number of carbonyl (C=O) groups is 1. The van der Waals surface area contributed by atoms with Crippen molar-refractivity contribution in [3.63, 3.8) is 0 Å². The molecule has 2 aliphatic heterocycles. The maximum absolute atomic E-state index is 13.7. The molecular formula is C21H24FN5O2. The van der Waals surface area contributed by atoms with Crippen molar-refractivity contribution in [2.75, 3.05) is 44.2 Å². The Morgan fingerprint density at radius 2 is 2.07 bits per heavy atom. The lowest BCUT2D eigenvalue weighted by Gasteiger charge is -2.36. The number of anilines is 1. The molecule has 0 bridgehead atoms. The minimum atomic E-state index is -0.296. The van der Waals surface area contributed by atoms with Crippen molar-refractivity contribution in [3.05, 3.63) is 42.3 Å². The first-order valence-electron chi connectivity index (χ1n) is 10.1. The molecule has 5 rings (SSSR count). The summed E-state index contributed by atoms with van der Waals surface area (Å²) >= 11 is 0. The third kappa shape index (κ3) is 3.48. The van der Waals surface area contributed by atoms with E-state index < -0.39 is 0 Å². The number of urea groups is 1. The highest BCUT2D eigenvalue weighted by Gasteiger charge is 2.25. The van der Waals surface area contributed by atoms with Crippen molar-refractivity contribution in [1.82, 2.24) is 19.6 Å². The van der Waals surface area contributed by atoms with E-state index in [4.69, 9.17) is 9.72 Å². The summed E-state index contributed by atoms with van der Waals surface area (Å²) in [5.74, 6) is 0.530. The highest BCUT2D eigenvalue weighted by molar-refractivity contribution is 5.85. The standard InChI is InChI=1S/C21H24FN5O2/c22-15-5-6-18-17(13-15)24-20(19-4-1-7-27(18)19)25-8-10-26(11-9-25)21(28)23-14-16-3-2-12-29-16/h1,4-7,13,16H,2-3,8-12,14H2,(H,23,28)/t16-/m1/s1. The van der Waals surface area contributed by atoms with Gasteiger partial charge in [-0.3, -0.25) is 0 Å². The van der Waals surface area contributed by atoms with Crippen LogP contribution in [0.15, 0.2) is 36.5 Å². The van der Waals surface area contributed by atoms with Crippen LogP contribution < -0.4 is 10.2 Å². The van der Waals surface area contributed by atoms with Gasteiger partial charge in [-0.05, 0) is 37.1 Å². The van der Waals surface area contributed by atoms with E-state index in [2.05, 4.69) is 10.2 Å². The lowest BCUT2D eigenvalue weighted by molar-refractivity contribution is 0.108. The number of benzene rings is 1. The third-order valence-electron chi connectivity index (χ3n) is 5.77. The van der Waals surface area contributed by atoms with Crippen LogP contribution in [0.4, 0.5) is 15.0 Å². The zero-order chi connectivity index (χ0) is 19.8. The number of nitrogens with zero attached hydrogens (tertiary/aromatic N) is 4. The van der Waals surface area contributed by atoms with Gasteiger partial charge in [-0.25, -0.2) is 14.2 Å². The quantitative estimate of drug-likeness (QED) is 0.738. The van der Waals surface area contributed by atoms with E-state index in [9.17, 15) is 9.18 Å². The van der Waals surface area contributed by atoms with Crippen molar-refractivity contribution in [2.45, 2.75) is 18.9 Å². The normalized spacial score (nSPS) is 20.0. The molecule has 2 aliphatic rings. The van der Waals surface area contributed by atoms with Crippen LogP contribution >= 0.6 is 0 Å². The number of hydrogen-bond acceptors (Lipinski definition) is 4. The molecule has 7 nitrogen and oxygen atoms in total. The lowest BCUT2D eigenvalue weighted by atomic mass is 10.2. The number of amides is 2. The van der Waals surface area contributed by atoms with Gasteiger partial charge in [0.05, 0.1) is 22.7 Å². The number of aromatic nitrogens is 2. The summed E-state index contributed by atoms with van der Waals surface area (Å²) in [5.41, 5.74) is 2.49. The molecule has 0 unspecified atom stereocenters. The Balaban J connectivity index is 1.30. The van der Waals surface area contributed by atoms with Gasteiger partial charge in [-0.2, -0.15) is 0 Å². The lowest BCUT2D eigenvalue weighted by Crippen LogP contribution is -2.52. The summed E-state index contributed by atoms with van der Waals surface area (Å²) in [6.45, 7) is 3.96. The molecule has 0 aliphatic carbocycles. The molecule has 1 N–H and O–H groups in total. The van der Waals surface area contributed by atoms with E-state index in [1.54, 1.807) is 6.07 Å². The van der Waals surface area contributed by atoms with Crippen LogP contribution in [0.25, 0.3) is 16.6 Å². The van der Waals surface area contributed by atoms with Gasteiger partial charge >= 0.3 is 6.03 Å². The first kappa shape index (κ1) is 18.2. The second kappa shape index (κ2) is 7.51. The molecule has 3 aromatic rings. The molecule has 2 saturated heterocycles. The number of piperazine rings is 1. The smallest absolute Gasteiger partial charge is 0.317 e. The molecule has 2 amide bonds. The van der Waals surface area contributed by atoms with Crippen LogP contribution in [0.3, 0.4) is 0 Å². The van der Waals surface area contributed by atoms with Crippen molar-refractivity contribution < 1.29 is 13.9 Å². The fraction of sp³-hybridized carbons (Fsp3) is 0.429. The Morgan fingerprint density at radius 3 is 2.86 bits per heavy atom. The first-order chi connectivity index (χ1) is 14.2. The Morgan fingerprint density at radius 1 is 1.21 bits per heavy atom. The van der Waals surface area contributed by atoms with Crippen LogP contribution in [-0.4, -0.2) is 65.8 Å². The average molecular weight is 397 g/mol. The maximum Gasteiger partial charge on any atom is 0.317 e. The van der Waals surface area contributed by atoms with E-state index in [-0.39, 0.29) is 18.0 Å². The fourth-order valence-corrected chi connectivity index (χ4v) is 4.21. The van der Waals surface area contributed by atoms with Crippen molar-refractivity contribution in [3.8, 4) is 0 Å². The fourth-order valence-electron chi connectivity index (χ4n) is 4.21. The predicted molar refractivity (Wildman–Crippen MR) is 109 cm³/mol. The Kier molecular flexibility index (Phi) is 4.71. The molecule has 2 aromatic heterocycles. The van der Waals surface area contributed by atoms with Crippen LogP contribution in [0.2, 0.25) is 0 Å². The molecule has 1 atom stereocenters. The van der Waals surface area contributed by atoms with E-state index in [0.29, 0.717) is 38.2 Å². The van der Waals surface area contributed by atoms with Gasteiger partial charge in [0.25, 0.3) is 0 Å². The molecule has 29 heavy (non-hydrogen) atoms. The second-order valence-corrected chi connectivity index (χ2v) is 7.63. The number of carbonyl (C=O) groups excluding carboxylic acids is 1. The zero-order valence-corrected chi connectivity index (χ0v) is 16.2. The van der Waals surface area contributed by atoms with E-state index in [1.165, 1.54) is 12.1 Å². The van der Waals surface area contributed by atoms with Gasteiger partial charge in [-0.1, -0.05) is 0 Å². The number of ether oxygens (including phenoxy) is 1. The number of rotatable bonds is 3. The topological polar surface area (TPSA) is 62.1 Å². The Bertz CT molecular complexity index is 1040. The summed E-state index contributed by atoms with van der Waals surface area (Å²) in [5, 5.41) is 2.99. The summed E-state index contributed by atoms with van der Waals surface area (Å²) in [7, 11) is 0. The molecule has 4 heterocycles. The summed E-state index contributed by atoms with van der Waals surface area (Å²) in [6.07, 6.45) is 4.19. The van der Waals surface area contributed by atoms with Gasteiger partial charge in [0.15, 0.2) is 5.82 Å². The van der Waals surface area contributed by atoms with Gasteiger partial charge in [0.1, 0.15) is 5.82 Å². The summed E-state index contributed by atoms with van der Waals surface area (Å²) < 4.78 is 21.3. The van der Waals surface area contributed by atoms with Gasteiger partial charge < -0.3 is 24.3 Å². The van der Waals surface area contributed by atoms with E-state index in [1.807, 2.05) is 27.6 Å². The monoisotopic (exact) mass is 397 g/mol. The van der Waals surface area contributed by atoms with Crippen molar-refractivity contribution >= 4 is 28.4 Å². The Labute approximate surface area is 168 Å². The second-order valence-electron chi connectivity index (χ2n) is 7.63. The molecular weight excluding hydrogens is 373 g/mol. The number of halogens is 1.